The molecule has 3 nitrogen and oxygen atoms in total. The van der Waals surface area contributed by atoms with Crippen LogP contribution in [0.4, 0.5) is 5.69 Å². The molecule has 0 aliphatic rings. The van der Waals surface area contributed by atoms with E-state index in [1.807, 2.05) is 0 Å². The average molecular weight is 287 g/mol. The highest BCUT2D eigenvalue weighted by Crippen LogP contribution is 2.27. The lowest BCUT2D eigenvalue weighted by atomic mass is 10.2. The molecule has 0 amide bonds. The SMILES string of the molecule is Cl.Nc1c(Br)cc(Cl)cc1C(=O)O. The molecule has 0 aromatic heterocycles. The van der Waals surface area contributed by atoms with Crippen molar-refractivity contribution >= 4 is 51.6 Å². The van der Waals surface area contributed by atoms with Gasteiger partial charge < -0.3 is 10.8 Å². The first-order chi connectivity index (χ1) is 5.52. The van der Waals surface area contributed by atoms with Gasteiger partial charge in [0.1, 0.15) is 0 Å². The smallest absolute Gasteiger partial charge is 0.337 e. The zero-order valence-corrected chi connectivity index (χ0v) is 9.41. The van der Waals surface area contributed by atoms with Crippen LogP contribution in [0.3, 0.4) is 0 Å². The average Bonchev–Trinajstić information content (AvgIpc) is 1.96. The minimum Gasteiger partial charge on any atom is -0.478 e. The highest BCUT2D eigenvalue weighted by atomic mass is 79.9. The van der Waals surface area contributed by atoms with Gasteiger partial charge in [-0.2, -0.15) is 0 Å². The van der Waals surface area contributed by atoms with E-state index in [1.54, 1.807) is 6.07 Å². The summed E-state index contributed by atoms with van der Waals surface area (Å²) in [7, 11) is 0. The van der Waals surface area contributed by atoms with E-state index in [2.05, 4.69) is 15.9 Å². The fourth-order valence-electron chi connectivity index (χ4n) is 0.762. The fraction of sp³-hybridized carbons (Fsp3) is 0. The van der Waals surface area contributed by atoms with Crippen LogP contribution in [0, 0.1) is 0 Å². The van der Waals surface area contributed by atoms with Crippen LogP contribution < -0.4 is 5.73 Å². The van der Waals surface area contributed by atoms with Crippen molar-refractivity contribution in [3.63, 3.8) is 0 Å². The number of aromatic carboxylic acids is 1. The number of carboxylic acids is 1. The van der Waals surface area contributed by atoms with E-state index in [0.717, 1.165) is 0 Å². The second-order valence-electron chi connectivity index (χ2n) is 2.15. The van der Waals surface area contributed by atoms with Crippen molar-refractivity contribution in [2.24, 2.45) is 0 Å². The van der Waals surface area contributed by atoms with Crippen molar-refractivity contribution in [2.75, 3.05) is 5.73 Å². The number of hydrogen-bond donors (Lipinski definition) is 2. The summed E-state index contributed by atoms with van der Waals surface area (Å²) in [5.41, 5.74) is 5.66. The Kier molecular flexibility index (Phi) is 4.53. The largest absolute Gasteiger partial charge is 0.478 e. The first kappa shape index (κ1) is 12.6. The molecule has 1 aromatic rings. The van der Waals surface area contributed by atoms with E-state index < -0.39 is 5.97 Å². The van der Waals surface area contributed by atoms with E-state index in [-0.39, 0.29) is 23.7 Å². The molecule has 0 aliphatic carbocycles. The Bertz CT molecular complexity index is 344. The van der Waals surface area contributed by atoms with E-state index in [0.29, 0.717) is 9.50 Å². The van der Waals surface area contributed by atoms with Crippen LogP contribution in [-0.4, -0.2) is 11.1 Å². The molecule has 72 valence electrons. The van der Waals surface area contributed by atoms with Crippen molar-refractivity contribution < 1.29 is 9.90 Å². The maximum atomic E-state index is 10.6. The second-order valence-corrected chi connectivity index (χ2v) is 3.44. The molecule has 0 heterocycles. The van der Waals surface area contributed by atoms with Gasteiger partial charge in [-0.15, -0.1) is 12.4 Å². The number of nitrogens with two attached hydrogens (primary N) is 1. The van der Waals surface area contributed by atoms with Gasteiger partial charge in [0.25, 0.3) is 0 Å². The first-order valence-corrected chi connectivity index (χ1v) is 4.17. The van der Waals surface area contributed by atoms with Gasteiger partial charge in [-0.25, -0.2) is 4.79 Å². The number of nitrogen functional groups attached to an aromatic ring is 1. The Balaban J connectivity index is 0.00000144. The minimum absolute atomic E-state index is 0. The third-order valence-electron chi connectivity index (χ3n) is 1.32. The molecule has 0 bridgehead atoms. The van der Waals surface area contributed by atoms with Crippen LogP contribution >= 0.6 is 39.9 Å². The van der Waals surface area contributed by atoms with Gasteiger partial charge in [-0.05, 0) is 28.1 Å². The Labute approximate surface area is 94.4 Å². The van der Waals surface area contributed by atoms with Crippen molar-refractivity contribution in [2.45, 2.75) is 0 Å². The van der Waals surface area contributed by atoms with Gasteiger partial charge in [-0.3, -0.25) is 0 Å². The lowest BCUT2D eigenvalue weighted by molar-refractivity contribution is 0.0698. The zero-order chi connectivity index (χ0) is 9.30. The van der Waals surface area contributed by atoms with Crippen molar-refractivity contribution in [1.82, 2.24) is 0 Å². The summed E-state index contributed by atoms with van der Waals surface area (Å²) in [5.74, 6) is -1.09. The standard InChI is InChI=1S/C7H5BrClNO2.ClH/c8-5-2-3(9)1-4(6(5)10)7(11)12;/h1-2H,10H2,(H,11,12);1H. The van der Waals surface area contributed by atoms with Crippen LogP contribution in [0.25, 0.3) is 0 Å². The summed E-state index contributed by atoms with van der Waals surface area (Å²) < 4.78 is 0.493. The number of hydrogen-bond acceptors (Lipinski definition) is 2. The van der Waals surface area contributed by atoms with Crippen molar-refractivity contribution in [1.29, 1.82) is 0 Å². The predicted molar refractivity (Wildman–Crippen MR) is 57.8 cm³/mol. The molecular formula is C7H6BrCl2NO2. The Hall–Kier alpha value is -0.450. The molecule has 0 saturated carbocycles. The summed E-state index contributed by atoms with van der Waals surface area (Å²) in [6.07, 6.45) is 0. The van der Waals surface area contributed by atoms with Crippen molar-refractivity contribution in [3.05, 3.63) is 27.2 Å². The van der Waals surface area contributed by atoms with Crippen LogP contribution in [-0.2, 0) is 0 Å². The third-order valence-corrected chi connectivity index (χ3v) is 2.20. The molecular weight excluding hydrogens is 281 g/mol. The summed E-state index contributed by atoms with van der Waals surface area (Å²) in [5, 5.41) is 9.00. The lowest BCUT2D eigenvalue weighted by Gasteiger charge is -2.03. The molecule has 0 fully saturated rings. The highest BCUT2D eigenvalue weighted by Gasteiger charge is 2.11. The zero-order valence-electron chi connectivity index (χ0n) is 6.25. The highest BCUT2D eigenvalue weighted by molar-refractivity contribution is 9.10. The van der Waals surface area contributed by atoms with E-state index in [1.165, 1.54) is 6.07 Å². The number of carboxylic acid groups (broad SMARTS) is 1. The summed E-state index contributed by atoms with van der Waals surface area (Å²) in [6, 6.07) is 2.85. The molecule has 0 aliphatic heterocycles. The van der Waals surface area contributed by atoms with Crippen LogP contribution in [0.1, 0.15) is 10.4 Å². The van der Waals surface area contributed by atoms with Crippen LogP contribution in [0.15, 0.2) is 16.6 Å². The number of rotatable bonds is 1. The molecule has 0 atom stereocenters. The second kappa shape index (κ2) is 4.69. The predicted octanol–water partition coefficient (Wildman–Crippen LogP) is 2.80. The van der Waals surface area contributed by atoms with Gasteiger partial charge in [-0.1, -0.05) is 11.6 Å². The molecule has 0 spiro atoms. The molecule has 13 heavy (non-hydrogen) atoms. The van der Waals surface area contributed by atoms with Gasteiger partial charge in [0.15, 0.2) is 0 Å². The summed E-state index contributed by atoms with van der Waals surface area (Å²) in [6.45, 7) is 0. The first-order valence-electron chi connectivity index (χ1n) is 3.00. The fourth-order valence-corrected chi connectivity index (χ4v) is 1.57. The van der Waals surface area contributed by atoms with E-state index >= 15 is 0 Å². The topological polar surface area (TPSA) is 63.3 Å². The Morgan fingerprint density at radius 2 is 2.08 bits per heavy atom. The van der Waals surface area contributed by atoms with E-state index in [9.17, 15) is 4.79 Å². The van der Waals surface area contributed by atoms with Gasteiger partial charge in [0.05, 0.1) is 11.3 Å². The molecule has 6 heteroatoms. The van der Waals surface area contributed by atoms with E-state index in [4.69, 9.17) is 22.4 Å². The maximum absolute atomic E-state index is 10.6. The molecule has 0 unspecified atom stereocenters. The number of halogens is 3. The number of carbonyl (C=O) groups is 1. The Morgan fingerprint density at radius 1 is 1.54 bits per heavy atom. The summed E-state index contributed by atoms with van der Waals surface area (Å²) in [4.78, 5) is 10.6. The monoisotopic (exact) mass is 285 g/mol. The summed E-state index contributed by atoms with van der Waals surface area (Å²) >= 11 is 8.71. The molecule has 3 N–H and O–H groups in total. The Morgan fingerprint density at radius 3 is 2.54 bits per heavy atom. The number of benzene rings is 1. The quantitative estimate of drug-likeness (QED) is 0.781. The third kappa shape index (κ3) is 2.76. The van der Waals surface area contributed by atoms with Gasteiger partial charge in [0, 0.05) is 9.50 Å². The van der Waals surface area contributed by atoms with Gasteiger partial charge >= 0.3 is 5.97 Å². The molecule has 1 rings (SSSR count). The maximum Gasteiger partial charge on any atom is 0.337 e. The normalized spacial score (nSPS) is 9.08. The molecule has 0 radical (unpaired) electrons. The lowest BCUT2D eigenvalue weighted by Crippen LogP contribution is -2.02. The van der Waals surface area contributed by atoms with Gasteiger partial charge in [0.2, 0.25) is 0 Å². The molecule has 0 saturated heterocycles. The number of anilines is 1. The molecule has 1 aromatic carbocycles. The van der Waals surface area contributed by atoms with Crippen LogP contribution in [0.5, 0.6) is 0 Å². The van der Waals surface area contributed by atoms with Crippen molar-refractivity contribution in [3.8, 4) is 0 Å². The van der Waals surface area contributed by atoms with Crippen LogP contribution in [0.2, 0.25) is 5.02 Å². The minimum atomic E-state index is -1.09.